The number of carbonyl (C=O) groups is 3. The van der Waals surface area contributed by atoms with Crippen LogP contribution in [0.5, 0.6) is 0 Å². The summed E-state index contributed by atoms with van der Waals surface area (Å²) in [5.74, 6) is -0.986. The molecule has 0 radical (unpaired) electrons. The molecule has 1 aliphatic heterocycles. The Morgan fingerprint density at radius 3 is 2.52 bits per heavy atom. The second-order valence-electron chi connectivity index (χ2n) is 6.07. The summed E-state index contributed by atoms with van der Waals surface area (Å²) in [4.78, 5) is 38.0. The molecule has 5 nitrogen and oxygen atoms in total. The molecule has 0 saturated heterocycles. The van der Waals surface area contributed by atoms with Gasteiger partial charge in [-0.3, -0.25) is 19.3 Å². The van der Waals surface area contributed by atoms with E-state index in [1.54, 1.807) is 30.3 Å². The van der Waals surface area contributed by atoms with Crippen LogP contribution in [0.2, 0.25) is 5.02 Å². The van der Waals surface area contributed by atoms with Gasteiger partial charge in [-0.1, -0.05) is 29.3 Å². The molecule has 2 aromatic rings. The van der Waals surface area contributed by atoms with Crippen LogP contribution in [0.25, 0.3) is 0 Å². The van der Waals surface area contributed by atoms with Crippen LogP contribution in [0, 0.1) is 13.8 Å². The molecule has 1 N–H and O–H groups in total. The van der Waals surface area contributed by atoms with Gasteiger partial charge in [-0.15, -0.1) is 0 Å². The van der Waals surface area contributed by atoms with Crippen LogP contribution >= 0.6 is 11.6 Å². The normalized spacial score (nSPS) is 13.2. The van der Waals surface area contributed by atoms with Crippen LogP contribution in [-0.4, -0.2) is 29.2 Å². The van der Waals surface area contributed by atoms with Gasteiger partial charge in [-0.2, -0.15) is 0 Å². The Labute approximate surface area is 150 Å². The van der Waals surface area contributed by atoms with E-state index in [4.69, 9.17) is 11.6 Å². The van der Waals surface area contributed by atoms with Crippen LogP contribution in [0.4, 0.5) is 5.69 Å². The van der Waals surface area contributed by atoms with E-state index >= 15 is 0 Å². The highest BCUT2D eigenvalue weighted by Gasteiger charge is 2.35. The molecule has 25 heavy (non-hydrogen) atoms. The van der Waals surface area contributed by atoms with Crippen molar-refractivity contribution in [3.8, 4) is 0 Å². The number of nitrogens with one attached hydrogen (secondary N) is 1. The summed E-state index contributed by atoms with van der Waals surface area (Å²) in [5, 5.41) is 3.29. The van der Waals surface area contributed by atoms with Crippen molar-refractivity contribution in [3.05, 3.63) is 63.7 Å². The highest BCUT2D eigenvalue weighted by Crippen LogP contribution is 2.24. The van der Waals surface area contributed by atoms with Gasteiger partial charge in [0.05, 0.1) is 11.1 Å². The summed E-state index contributed by atoms with van der Waals surface area (Å²) in [6, 6.07) is 10.4. The van der Waals surface area contributed by atoms with E-state index < -0.39 is 0 Å². The quantitative estimate of drug-likeness (QED) is 0.851. The predicted octanol–water partition coefficient (Wildman–Crippen LogP) is 3.58. The minimum atomic E-state index is -0.355. The van der Waals surface area contributed by atoms with Gasteiger partial charge in [0, 0.05) is 23.7 Å². The maximum Gasteiger partial charge on any atom is 0.261 e. The molecule has 2 aromatic carbocycles. The molecule has 128 valence electrons. The Bertz CT molecular complexity index is 892. The number of amides is 3. The Kier molecular flexibility index (Phi) is 4.59. The van der Waals surface area contributed by atoms with Gasteiger partial charge >= 0.3 is 0 Å². The number of aryl methyl sites for hydroxylation is 2. The molecule has 0 saturated carbocycles. The lowest BCUT2D eigenvalue weighted by molar-refractivity contribution is -0.116. The summed E-state index contributed by atoms with van der Waals surface area (Å²) in [5.41, 5.74) is 3.21. The van der Waals surface area contributed by atoms with Crippen LogP contribution in [0.15, 0.2) is 36.4 Å². The Hall–Kier alpha value is -2.66. The molecule has 0 fully saturated rings. The highest BCUT2D eigenvalue weighted by atomic mass is 35.5. The van der Waals surface area contributed by atoms with Crippen molar-refractivity contribution in [1.29, 1.82) is 0 Å². The van der Waals surface area contributed by atoms with Crippen LogP contribution in [0.3, 0.4) is 0 Å². The third-order valence-electron chi connectivity index (χ3n) is 4.16. The zero-order valence-corrected chi connectivity index (χ0v) is 14.7. The maximum atomic E-state index is 12.4. The first-order valence-corrected chi connectivity index (χ1v) is 8.27. The molecule has 3 amide bonds. The van der Waals surface area contributed by atoms with Gasteiger partial charge < -0.3 is 5.32 Å². The predicted molar refractivity (Wildman–Crippen MR) is 96.0 cm³/mol. The number of hydrogen-bond acceptors (Lipinski definition) is 3. The number of rotatable bonds is 4. The molecular weight excluding hydrogens is 340 g/mol. The molecule has 6 heteroatoms. The van der Waals surface area contributed by atoms with Crippen molar-refractivity contribution < 1.29 is 14.4 Å². The molecule has 1 aliphatic rings. The second kappa shape index (κ2) is 6.69. The lowest BCUT2D eigenvalue weighted by Gasteiger charge is -2.14. The molecule has 3 rings (SSSR count). The number of hydrogen-bond donors (Lipinski definition) is 1. The van der Waals surface area contributed by atoms with Crippen LogP contribution in [-0.2, 0) is 4.79 Å². The number of anilines is 1. The van der Waals surface area contributed by atoms with Crippen molar-refractivity contribution >= 4 is 35.0 Å². The van der Waals surface area contributed by atoms with Crippen molar-refractivity contribution in [2.24, 2.45) is 0 Å². The van der Waals surface area contributed by atoms with Crippen molar-refractivity contribution in [3.63, 3.8) is 0 Å². The molecular formula is C19H17ClN2O3. The lowest BCUT2D eigenvalue weighted by Crippen LogP contribution is -2.32. The molecule has 0 spiro atoms. The fourth-order valence-electron chi connectivity index (χ4n) is 2.76. The van der Waals surface area contributed by atoms with E-state index in [1.807, 2.05) is 19.9 Å². The first-order valence-electron chi connectivity index (χ1n) is 7.89. The molecule has 0 aromatic heterocycles. The summed E-state index contributed by atoms with van der Waals surface area (Å²) in [6.45, 7) is 3.76. The number of fused-ring (bicyclic) bond motifs is 1. The zero-order valence-electron chi connectivity index (χ0n) is 13.9. The smallest absolute Gasteiger partial charge is 0.261 e. The maximum absolute atomic E-state index is 12.4. The molecule has 1 heterocycles. The van der Waals surface area contributed by atoms with E-state index in [-0.39, 0.29) is 30.7 Å². The zero-order chi connectivity index (χ0) is 18.1. The van der Waals surface area contributed by atoms with E-state index in [1.165, 1.54) is 0 Å². The Morgan fingerprint density at radius 2 is 1.76 bits per heavy atom. The lowest BCUT2D eigenvalue weighted by atomic mass is 10.1. The van der Waals surface area contributed by atoms with Crippen LogP contribution < -0.4 is 5.32 Å². The summed E-state index contributed by atoms with van der Waals surface area (Å²) < 4.78 is 0. The number of carbonyl (C=O) groups excluding carboxylic acids is 3. The topological polar surface area (TPSA) is 66.5 Å². The fraction of sp³-hybridized carbons (Fsp3) is 0.211. The number of halogens is 1. The number of nitrogens with zero attached hydrogens (tertiary/aromatic N) is 1. The van der Waals surface area contributed by atoms with Gasteiger partial charge in [0.25, 0.3) is 11.8 Å². The minimum Gasteiger partial charge on any atom is -0.326 e. The van der Waals surface area contributed by atoms with E-state index in [0.29, 0.717) is 21.8 Å². The SMILES string of the molecule is Cc1ccc2c(c1)C(=O)N(CCC(=O)Nc1cc(Cl)ccc1C)C2=O. The molecule has 0 aliphatic carbocycles. The summed E-state index contributed by atoms with van der Waals surface area (Å²) >= 11 is 5.93. The number of imide groups is 1. The first-order chi connectivity index (χ1) is 11.9. The van der Waals surface area contributed by atoms with Gasteiger partial charge in [0.1, 0.15) is 0 Å². The van der Waals surface area contributed by atoms with E-state index in [2.05, 4.69) is 5.32 Å². The highest BCUT2D eigenvalue weighted by molar-refractivity contribution is 6.31. The first kappa shape index (κ1) is 17.2. The van der Waals surface area contributed by atoms with Crippen molar-refractivity contribution in [1.82, 2.24) is 4.90 Å². The average Bonchev–Trinajstić information content (AvgIpc) is 2.80. The average molecular weight is 357 g/mol. The van der Waals surface area contributed by atoms with Crippen molar-refractivity contribution in [2.45, 2.75) is 20.3 Å². The minimum absolute atomic E-state index is 0.0242. The fourth-order valence-corrected chi connectivity index (χ4v) is 2.93. The van der Waals surface area contributed by atoms with Gasteiger partial charge in [-0.25, -0.2) is 0 Å². The largest absolute Gasteiger partial charge is 0.326 e. The van der Waals surface area contributed by atoms with Crippen molar-refractivity contribution in [2.75, 3.05) is 11.9 Å². The molecule has 0 unspecified atom stereocenters. The Balaban J connectivity index is 1.66. The van der Waals surface area contributed by atoms with E-state index in [9.17, 15) is 14.4 Å². The molecule has 0 atom stereocenters. The molecule has 0 bridgehead atoms. The van der Waals surface area contributed by atoms with Gasteiger partial charge in [-0.05, 0) is 43.7 Å². The second-order valence-corrected chi connectivity index (χ2v) is 6.50. The Morgan fingerprint density at radius 1 is 1.04 bits per heavy atom. The third-order valence-corrected chi connectivity index (χ3v) is 4.40. The third kappa shape index (κ3) is 3.42. The van der Waals surface area contributed by atoms with Crippen LogP contribution in [0.1, 0.15) is 38.3 Å². The standard InChI is InChI=1S/C19H17ClN2O3/c1-11-3-6-14-15(9-11)19(25)22(18(14)24)8-7-17(23)21-16-10-13(20)5-4-12(16)2/h3-6,9-10H,7-8H2,1-2H3,(H,21,23). The number of benzene rings is 2. The van der Waals surface area contributed by atoms with Gasteiger partial charge in [0.2, 0.25) is 5.91 Å². The summed E-state index contributed by atoms with van der Waals surface area (Å²) in [6.07, 6.45) is 0.0242. The van der Waals surface area contributed by atoms with E-state index in [0.717, 1.165) is 16.0 Å². The monoisotopic (exact) mass is 356 g/mol. The van der Waals surface area contributed by atoms with Gasteiger partial charge in [0.15, 0.2) is 0 Å². The summed E-state index contributed by atoms with van der Waals surface area (Å²) in [7, 11) is 0.